The minimum absolute atomic E-state index is 0.257. The number of fused-ring (bicyclic) bond motifs is 1. The number of aryl methyl sites for hydroxylation is 2. The molecule has 1 N–H and O–H groups in total. The molecule has 0 aliphatic heterocycles. The molecular weight excluding hydrogens is 418 g/mol. The summed E-state index contributed by atoms with van der Waals surface area (Å²) in [5, 5.41) is 3.52. The van der Waals surface area contributed by atoms with Crippen molar-refractivity contribution < 1.29 is 4.79 Å². The van der Waals surface area contributed by atoms with Crippen molar-refractivity contribution in [2.75, 3.05) is 0 Å². The quantitative estimate of drug-likeness (QED) is 0.517. The number of carbonyl (C=O) groups excluding carboxylic acids is 1. The lowest BCUT2D eigenvalue weighted by Crippen LogP contribution is -2.44. The number of amides is 1. The summed E-state index contributed by atoms with van der Waals surface area (Å²) in [7, 11) is 3.18. The summed E-state index contributed by atoms with van der Waals surface area (Å²) in [6.07, 6.45) is 1.46. The summed E-state index contributed by atoms with van der Waals surface area (Å²) in [5.74, 6) is -0.468. The first-order valence-electron chi connectivity index (χ1n) is 9.57. The van der Waals surface area contributed by atoms with Crippen LogP contribution in [0.4, 0.5) is 0 Å². The molecule has 4 aromatic rings. The highest BCUT2D eigenvalue weighted by atomic mass is 35.5. The molecule has 0 radical (unpaired) electrons. The van der Waals surface area contributed by atoms with E-state index in [9.17, 15) is 14.4 Å². The van der Waals surface area contributed by atoms with E-state index in [2.05, 4.69) is 10.3 Å². The fourth-order valence-corrected chi connectivity index (χ4v) is 3.67. The first-order valence-corrected chi connectivity index (χ1v) is 9.95. The van der Waals surface area contributed by atoms with Crippen LogP contribution in [0.25, 0.3) is 11.2 Å². The lowest BCUT2D eigenvalue weighted by molar-refractivity contribution is -0.122. The van der Waals surface area contributed by atoms with E-state index in [-0.39, 0.29) is 11.2 Å². The van der Waals surface area contributed by atoms with Gasteiger partial charge in [-0.05, 0) is 23.3 Å². The van der Waals surface area contributed by atoms with Crippen LogP contribution in [0, 0.1) is 0 Å². The number of carbonyl (C=O) groups is 1. The average Bonchev–Trinajstić information content (AvgIpc) is 3.16. The Morgan fingerprint density at radius 1 is 1.03 bits per heavy atom. The molecule has 8 nitrogen and oxygen atoms in total. The number of rotatable bonds is 5. The number of hydrogen-bond acceptors (Lipinski definition) is 4. The molecule has 0 aliphatic carbocycles. The van der Waals surface area contributed by atoms with Gasteiger partial charge in [-0.25, -0.2) is 14.3 Å². The molecule has 2 aromatic heterocycles. The van der Waals surface area contributed by atoms with Gasteiger partial charge in [0.25, 0.3) is 5.56 Å². The smallest absolute Gasteiger partial charge is 0.332 e. The zero-order valence-corrected chi connectivity index (χ0v) is 17.7. The third-order valence-corrected chi connectivity index (χ3v) is 5.40. The lowest BCUT2D eigenvalue weighted by Gasteiger charge is -2.20. The number of hydrogen-bond donors (Lipinski definition) is 1. The van der Waals surface area contributed by atoms with Gasteiger partial charge in [0.2, 0.25) is 5.91 Å². The fraction of sp³-hybridized carbons (Fsp3) is 0.182. The van der Waals surface area contributed by atoms with Gasteiger partial charge in [0, 0.05) is 19.1 Å². The van der Waals surface area contributed by atoms with E-state index in [0.29, 0.717) is 5.02 Å². The van der Waals surface area contributed by atoms with E-state index < -0.39 is 29.7 Å². The van der Waals surface area contributed by atoms with Gasteiger partial charge in [0.1, 0.15) is 6.54 Å². The summed E-state index contributed by atoms with van der Waals surface area (Å²) >= 11 is 6.01. The van der Waals surface area contributed by atoms with Crippen LogP contribution in [0.15, 0.2) is 70.5 Å². The second-order valence-electron chi connectivity index (χ2n) is 7.22. The largest absolute Gasteiger partial charge is 0.344 e. The van der Waals surface area contributed by atoms with E-state index in [1.807, 2.05) is 42.5 Å². The fourth-order valence-electron chi connectivity index (χ4n) is 3.55. The summed E-state index contributed by atoms with van der Waals surface area (Å²) in [6.45, 7) is -0.413. The number of aromatic nitrogens is 4. The van der Waals surface area contributed by atoms with Crippen molar-refractivity contribution in [2.45, 2.75) is 12.6 Å². The highest BCUT2D eigenvalue weighted by Gasteiger charge is 2.20. The van der Waals surface area contributed by atoms with Gasteiger partial charge in [-0.3, -0.25) is 14.2 Å². The highest BCUT2D eigenvalue weighted by Crippen LogP contribution is 2.23. The maximum atomic E-state index is 12.9. The zero-order chi connectivity index (χ0) is 22.1. The van der Waals surface area contributed by atoms with Crippen molar-refractivity contribution in [3.63, 3.8) is 0 Å². The Balaban J connectivity index is 1.69. The molecule has 0 bridgehead atoms. The van der Waals surface area contributed by atoms with E-state index in [4.69, 9.17) is 11.6 Å². The van der Waals surface area contributed by atoms with Gasteiger partial charge in [-0.1, -0.05) is 54.1 Å². The Morgan fingerprint density at radius 3 is 2.35 bits per heavy atom. The first-order chi connectivity index (χ1) is 14.9. The number of nitrogens with one attached hydrogen (secondary N) is 1. The summed E-state index contributed by atoms with van der Waals surface area (Å²) in [4.78, 5) is 42.6. The van der Waals surface area contributed by atoms with Gasteiger partial charge in [0.05, 0.1) is 12.4 Å². The Morgan fingerprint density at radius 2 is 1.68 bits per heavy atom. The van der Waals surface area contributed by atoms with Crippen molar-refractivity contribution in [3.05, 3.63) is 97.9 Å². The Bertz CT molecular complexity index is 1370. The van der Waals surface area contributed by atoms with Crippen molar-refractivity contribution in [3.8, 4) is 0 Å². The normalized spacial score (nSPS) is 12.1. The van der Waals surface area contributed by atoms with Crippen LogP contribution in [0.1, 0.15) is 17.2 Å². The van der Waals surface area contributed by atoms with Gasteiger partial charge in [-0.15, -0.1) is 0 Å². The standard InChI is InChI=1S/C22H20ClN5O3/c1-26-13-24-20-19(26)21(30)28(22(31)27(20)2)12-17(29)25-18(14-6-4-3-5-7-14)15-8-10-16(23)11-9-15/h3-11,13,18H,12H2,1-2H3,(H,25,29). The summed E-state index contributed by atoms with van der Waals surface area (Å²) < 4.78 is 3.72. The van der Waals surface area contributed by atoms with Crippen LogP contribution >= 0.6 is 11.6 Å². The Hall–Kier alpha value is -3.65. The predicted molar refractivity (Wildman–Crippen MR) is 118 cm³/mol. The third-order valence-electron chi connectivity index (χ3n) is 5.14. The van der Waals surface area contributed by atoms with E-state index >= 15 is 0 Å². The van der Waals surface area contributed by atoms with Crippen LogP contribution in [-0.4, -0.2) is 24.6 Å². The minimum Gasteiger partial charge on any atom is -0.344 e. The van der Waals surface area contributed by atoms with Gasteiger partial charge >= 0.3 is 5.69 Å². The molecule has 0 spiro atoms. The number of imidazole rings is 1. The van der Waals surface area contributed by atoms with Crippen LogP contribution in [0.3, 0.4) is 0 Å². The van der Waals surface area contributed by atoms with Crippen molar-refractivity contribution >= 4 is 28.7 Å². The lowest BCUT2D eigenvalue weighted by atomic mass is 9.98. The van der Waals surface area contributed by atoms with E-state index in [0.717, 1.165) is 15.7 Å². The monoisotopic (exact) mass is 437 g/mol. The Labute approximate surface area is 182 Å². The molecule has 0 saturated carbocycles. The molecule has 2 heterocycles. The van der Waals surface area contributed by atoms with Crippen molar-refractivity contribution in [2.24, 2.45) is 14.1 Å². The van der Waals surface area contributed by atoms with Crippen molar-refractivity contribution in [1.82, 2.24) is 24.0 Å². The van der Waals surface area contributed by atoms with Crippen LogP contribution in [0.2, 0.25) is 5.02 Å². The van der Waals surface area contributed by atoms with E-state index in [1.165, 1.54) is 22.5 Å². The summed E-state index contributed by atoms with van der Waals surface area (Å²) in [6, 6.07) is 16.1. The first kappa shape index (κ1) is 20.6. The topological polar surface area (TPSA) is 90.9 Å². The molecular formula is C22H20ClN5O3. The van der Waals surface area contributed by atoms with Crippen LogP contribution in [0.5, 0.6) is 0 Å². The predicted octanol–water partition coefficient (Wildman–Crippen LogP) is 1.99. The summed E-state index contributed by atoms with van der Waals surface area (Å²) in [5.41, 5.74) is 1.06. The molecule has 9 heteroatoms. The molecule has 1 atom stereocenters. The van der Waals surface area contributed by atoms with Crippen LogP contribution < -0.4 is 16.6 Å². The van der Waals surface area contributed by atoms with E-state index in [1.54, 1.807) is 19.2 Å². The molecule has 0 aliphatic rings. The molecule has 158 valence electrons. The molecule has 31 heavy (non-hydrogen) atoms. The number of halogens is 1. The van der Waals surface area contributed by atoms with Gasteiger partial charge in [-0.2, -0.15) is 0 Å². The third kappa shape index (κ3) is 3.89. The number of benzene rings is 2. The molecule has 1 unspecified atom stereocenters. The second-order valence-corrected chi connectivity index (χ2v) is 7.66. The van der Waals surface area contributed by atoms with Gasteiger partial charge < -0.3 is 9.88 Å². The van der Waals surface area contributed by atoms with Crippen molar-refractivity contribution in [1.29, 1.82) is 0 Å². The zero-order valence-electron chi connectivity index (χ0n) is 16.9. The molecule has 1 amide bonds. The highest BCUT2D eigenvalue weighted by molar-refractivity contribution is 6.30. The molecule has 0 saturated heterocycles. The number of nitrogens with zero attached hydrogens (tertiary/aromatic N) is 4. The average molecular weight is 438 g/mol. The van der Waals surface area contributed by atoms with Crippen LogP contribution in [-0.2, 0) is 25.4 Å². The maximum absolute atomic E-state index is 12.9. The van der Waals surface area contributed by atoms with Gasteiger partial charge in [0.15, 0.2) is 11.2 Å². The SMILES string of the molecule is Cn1cnc2c1c(=O)n(CC(=O)NC(c1ccccc1)c1ccc(Cl)cc1)c(=O)n2C. The molecule has 0 fully saturated rings. The Kier molecular flexibility index (Phi) is 5.48. The minimum atomic E-state index is -0.603. The maximum Gasteiger partial charge on any atom is 0.332 e. The molecule has 2 aromatic carbocycles. The molecule has 4 rings (SSSR count). The second kappa shape index (κ2) is 8.23.